The van der Waals surface area contributed by atoms with Crippen LogP contribution in [0.5, 0.6) is 0 Å². The van der Waals surface area contributed by atoms with Crippen molar-refractivity contribution >= 4 is 28.2 Å². The van der Waals surface area contributed by atoms with E-state index in [9.17, 15) is 9.59 Å². The molecule has 0 radical (unpaired) electrons. The van der Waals surface area contributed by atoms with Gasteiger partial charge in [0.2, 0.25) is 0 Å². The number of nitrogens with one attached hydrogen (secondary N) is 2. The maximum atomic E-state index is 12.4. The van der Waals surface area contributed by atoms with Gasteiger partial charge in [-0.3, -0.25) is 4.79 Å². The molecule has 0 spiro atoms. The fraction of sp³-hybridized carbons (Fsp3) is 0.158. The van der Waals surface area contributed by atoms with E-state index in [0.717, 1.165) is 15.4 Å². The second-order valence-electron chi connectivity index (χ2n) is 6.13. The average Bonchev–Trinajstić information content (AvgIpc) is 3.21. The first-order valence-corrected chi connectivity index (χ1v) is 8.86. The van der Waals surface area contributed by atoms with E-state index in [4.69, 9.17) is 9.52 Å². The number of carbonyl (C=O) groups is 2. The fourth-order valence-electron chi connectivity index (χ4n) is 2.98. The number of furan rings is 1. The Labute approximate surface area is 153 Å². The summed E-state index contributed by atoms with van der Waals surface area (Å²) in [6.45, 7) is 3.93. The monoisotopic (exact) mass is 368 g/mol. The Balaban J connectivity index is 1.64. The Morgan fingerprint density at radius 2 is 2.00 bits per heavy atom. The molecule has 26 heavy (non-hydrogen) atoms. The highest BCUT2D eigenvalue weighted by atomic mass is 32.1. The number of anilines is 1. The van der Waals surface area contributed by atoms with Gasteiger partial charge in [-0.05, 0) is 43.7 Å². The summed E-state index contributed by atoms with van der Waals surface area (Å²) in [5.41, 5.74) is 2.53. The SMILES string of the molecule is Cc1sc2c(c1C)C(=O)NC(c1ccc(-c3cccc(C(=O)O)c3)o1)N2. The van der Waals surface area contributed by atoms with E-state index in [1.54, 1.807) is 41.7 Å². The zero-order valence-electron chi connectivity index (χ0n) is 14.1. The Morgan fingerprint density at radius 3 is 2.77 bits per heavy atom. The zero-order valence-corrected chi connectivity index (χ0v) is 14.9. The summed E-state index contributed by atoms with van der Waals surface area (Å²) in [6.07, 6.45) is -0.469. The Kier molecular flexibility index (Phi) is 3.81. The van der Waals surface area contributed by atoms with Crippen molar-refractivity contribution < 1.29 is 19.1 Å². The molecular formula is C19H16N2O4S. The van der Waals surface area contributed by atoms with Gasteiger partial charge < -0.3 is 20.2 Å². The van der Waals surface area contributed by atoms with Crippen molar-refractivity contribution in [2.24, 2.45) is 0 Å². The summed E-state index contributed by atoms with van der Waals surface area (Å²) in [5, 5.41) is 16.2. The summed E-state index contributed by atoms with van der Waals surface area (Å²) >= 11 is 1.55. The first kappa shape index (κ1) is 16.4. The summed E-state index contributed by atoms with van der Waals surface area (Å²) in [6, 6.07) is 10.1. The molecule has 0 bridgehead atoms. The van der Waals surface area contributed by atoms with Crippen LogP contribution in [0.15, 0.2) is 40.8 Å². The smallest absolute Gasteiger partial charge is 0.335 e. The molecular weight excluding hydrogens is 352 g/mol. The minimum atomic E-state index is -0.990. The van der Waals surface area contributed by atoms with Gasteiger partial charge >= 0.3 is 5.97 Å². The first-order chi connectivity index (χ1) is 12.4. The van der Waals surface area contributed by atoms with Crippen LogP contribution in [0.4, 0.5) is 5.00 Å². The van der Waals surface area contributed by atoms with E-state index >= 15 is 0 Å². The maximum absolute atomic E-state index is 12.4. The molecule has 1 aliphatic rings. The van der Waals surface area contributed by atoms with Crippen LogP contribution in [0, 0.1) is 13.8 Å². The highest BCUT2D eigenvalue weighted by Gasteiger charge is 2.30. The molecule has 3 aromatic rings. The number of aryl methyl sites for hydroxylation is 1. The van der Waals surface area contributed by atoms with E-state index in [-0.39, 0.29) is 11.5 Å². The minimum absolute atomic E-state index is 0.128. The Bertz CT molecular complexity index is 1030. The number of aromatic carboxylic acids is 1. The molecule has 132 valence electrons. The van der Waals surface area contributed by atoms with Crippen LogP contribution >= 0.6 is 11.3 Å². The lowest BCUT2D eigenvalue weighted by Gasteiger charge is -2.24. The number of amides is 1. The van der Waals surface area contributed by atoms with Crippen molar-refractivity contribution in [1.82, 2.24) is 5.32 Å². The van der Waals surface area contributed by atoms with E-state index in [0.29, 0.717) is 22.6 Å². The van der Waals surface area contributed by atoms with Crippen molar-refractivity contribution in [2.75, 3.05) is 5.32 Å². The van der Waals surface area contributed by atoms with Crippen LogP contribution in [0.1, 0.15) is 43.1 Å². The molecule has 1 aliphatic heterocycles. The summed E-state index contributed by atoms with van der Waals surface area (Å²) in [4.78, 5) is 24.7. The lowest BCUT2D eigenvalue weighted by molar-refractivity contribution is 0.0696. The van der Waals surface area contributed by atoms with Crippen LogP contribution in [-0.4, -0.2) is 17.0 Å². The van der Waals surface area contributed by atoms with Crippen LogP contribution in [0.25, 0.3) is 11.3 Å². The van der Waals surface area contributed by atoms with Crippen LogP contribution < -0.4 is 10.6 Å². The van der Waals surface area contributed by atoms with E-state index in [1.165, 1.54) is 6.07 Å². The number of fused-ring (bicyclic) bond motifs is 1. The number of rotatable bonds is 3. The standard InChI is InChI=1S/C19H16N2O4S/c1-9-10(2)26-18-15(9)17(22)20-16(21-18)14-7-6-13(25-14)11-4-3-5-12(8-11)19(23)24/h3-8,16,21H,1-2H3,(H,20,22)(H,23,24). The topological polar surface area (TPSA) is 91.6 Å². The quantitative estimate of drug-likeness (QED) is 0.645. The average molecular weight is 368 g/mol. The number of benzene rings is 1. The normalized spacial score (nSPS) is 15.9. The second-order valence-corrected chi connectivity index (χ2v) is 7.35. The fourth-order valence-corrected chi connectivity index (χ4v) is 4.07. The Morgan fingerprint density at radius 1 is 1.19 bits per heavy atom. The number of hydrogen-bond donors (Lipinski definition) is 3. The molecule has 2 aromatic heterocycles. The molecule has 3 heterocycles. The number of thiophene rings is 1. The van der Waals surface area contributed by atoms with Crippen molar-refractivity contribution in [3.8, 4) is 11.3 Å². The summed E-state index contributed by atoms with van der Waals surface area (Å²) in [5.74, 6) is -0.0147. The predicted molar refractivity (Wildman–Crippen MR) is 98.7 cm³/mol. The van der Waals surface area contributed by atoms with Gasteiger partial charge in [0.15, 0.2) is 6.17 Å². The number of carboxylic acids is 1. The number of carbonyl (C=O) groups excluding carboxylic acids is 1. The van der Waals surface area contributed by atoms with Gasteiger partial charge in [-0.25, -0.2) is 4.79 Å². The van der Waals surface area contributed by atoms with Gasteiger partial charge in [-0.1, -0.05) is 12.1 Å². The van der Waals surface area contributed by atoms with Gasteiger partial charge in [-0.15, -0.1) is 11.3 Å². The third kappa shape index (κ3) is 2.66. The highest BCUT2D eigenvalue weighted by Crippen LogP contribution is 2.38. The molecule has 6 nitrogen and oxygen atoms in total. The molecule has 1 aromatic carbocycles. The third-order valence-corrected chi connectivity index (χ3v) is 5.61. The van der Waals surface area contributed by atoms with E-state index in [2.05, 4.69) is 10.6 Å². The molecule has 7 heteroatoms. The third-order valence-electron chi connectivity index (χ3n) is 4.47. The zero-order chi connectivity index (χ0) is 18.4. The molecule has 0 saturated carbocycles. The second kappa shape index (κ2) is 6.03. The molecule has 1 atom stereocenters. The molecule has 0 aliphatic carbocycles. The lowest BCUT2D eigenvalue weighted by Crippen LogP contribution is -2.37. The van der Waals surface area contributed by atoms with Crippen molar-refractivity contribution in [1.29, 1.82) is 0 Å². The molecule has 3 N–H and O–H groups in total. The molecule has 4 rings (SSSR count). The largest absolute Gasteiger partial charge is 0.478 e. The van der Waals surface area contributed by atoms with Crippen molar-refractivity contribution in [3.63, 3.8) is 0 Å². The lowest BCUT2D eigenvalue weighted by atomic mass is 10.1. The van der Waals surface area contributed by atoms with Gasteiger partial charge in [0, 0.05) is 10.4 Å². The predicted octanol–water partition coefficient (Wildman–Crippen LogP) is 4.18. The highest BCUT2D eigenvalue weighted by molar-refractivity contribution is 7.16. The first-order valence-electron chi connectivity index (χ1n) is 8.05. The van der Waals surface area contributed by atoms with E-state index in [1.807, 2.05) is 13.8 Å². The number of hydrogen-bond acceptors (Lipinski definition) is 5. The van der Waals surface area contributed by atoms with Gasteiger partial charge in [0.05, 0.1) is 11.1 Å². The van der Waals surface area contributed by atoms with Gasteiger partial charge in [0.1, 0.15) is 16.5 Å². The van der Waals surface area contributed by atoms with Crippen molar-refractivity contribution in [3.05, 3.63) is 63.7 Å². The van der Waals surface area contributed by atoms with Crippen LogP contribution in [0.3, 0.4) is 0 Å². The summed E-state index contributed by atoms with van der Waals surface area (Å²) < 4.78 is 5.88. The molecule has 0 saturated heterocycles. The van der Waals surface area contributed by atoms with Gasteiger partial charge in [0.25, 0.3) is 5.91 Å². The molecule has 1 unspecified atom stereocenters. The number of carboxylic acid groups (broad SMARTS) is 1. The minimum Gasteiger partial charge on any atom is -0.478 e. The maximum Gasteiger partial charge on any atom is 0.335 e. The Hall–Kier alpha value is -3.06. The van der Waals surface area contributed by atoms with E-state index < -0.39 is 12.1 Å². The summed E-state index contributed by atoms with van der Waals surface area (Å²) in [7, 11) is 0. The van der Waals surface area contributed by atoms with Gasteiger partial charge in [-0.2, -0.15) is 0 Å². The van der Waals surface area contributed by atoms with Crippen LogP contribution in [0.2, 0.25) is 0 Å². The molecule has 0 fully saturated rings. The molecule has 1 amide bonds. The van der Waals surface area contributed by atoms with Crippen molar-refractivity contribution in [2.45, 2.75) is 20.0 Å². The van der Waals surface area contributed by atoms with Crippen LogP contribution in [-0.2, 0) is 0 Å².